The van der Waals surface area contributed by atoms with Crippen molar-refractivity contribution in [3.05, 3.63) is 59.0 Å². The Morgan fingerprint density at radius 2 is 1.55 bits per heavy atom. The second-order valence-electron chi connectivity index (χ2n) is 5.04. The quantitative estimate of drug-likeness (QED) is 0.692. The zero-order valence-electron chi connectivity index (χ0n) is 11.6. The number of aryl methyl sites for hydroxylation is 2. The van der Waals surface area contributed by atoms with Gasteiger partial charge in [0.05, 0.1) is 5.69 Å². The van der Waals surface area contributed by atoms with Gasteiger partial charge in [0.15, 0.2) is 0 Å². The molecule has 2 N–H and O–H groups in total. The van der Waals surface area contributed by atoms with Crippen LogP contribution in [0.25, 0.3) is 21.8 Å². The Kier molecular flexibility index (Phi) is 3.28. The van der Waals surface area contributed by atoms with Gasteiger partial charge in [-0.3, -0.25) is 0 Å². The van der Waals surface area contributed by atoms with Crippen molar-refractivity contribution in [2.45, 2.75) is 13.8 Å². The van der Waals surface area contributed by atoms with E-state index in [0.717, 1.165) is 22.0 Å². The smallest absolute Gasteiger partial charge is 0.124 e. The Balaban J connectivity index is 1.99. The van der Waals surface area contributed by atoms with Gasteiger partial charge in [-0.2, -0.15) is 0 Å². The molecule has 20 heavy (non-hydrogen) atoms. The molecular formula is C17H16N2S. The fourth-order valence-corrected chi connectivity index (χ4v) is 3.12. The molecule has 0 aliphatic rings. The number of nitrogen functional groups attached to an aromatic ring is 1. The second-order valence-corrected chi connectivity index (χ2v) is 5.89. The van der Waals surface area contributed by atoms with E-state index in [1.807, 2.05) is 24.3 Å². The highest BCUT2D eigenvalue weighted by Crippen LogP contribution is 2.30. The third kappa shape index (κ3) is 2.58. The minimum absolute atomic E-state index is 0.778. The summed E-state index contributed by atoms with van der Waals surface area (Å²) < 4.78 is 0. The van der Waals surface area contributed by atoms with Crippen LogP contribution < -0.4 is 5.73 Å². The molecule has 0 spiro atoms. The van der Waals surface area contributed by atoms with Crippen molar-refractivity contribution in [2.24, 2.45) is 0 Å². The lowest BCUT2D eigenvalue weighted by molar-refractivity contribution is 1.35. The number of aromatic nitrogens is 1. The van der Waals surface area contributed by atoms with Crippen LogP contribution in [0, 0.1) is 13.8 Å². The van der Waals surface area contributed by atoms with Crippen LogP contribution in [0.2, 0.25) is 0 Å². The lowest BCUT2D eigenvalue weighted by Crippen LogP contribution is -1.85. The molecule has 0 fully saturated rings. The van der Waals surface area contributed by atoms with Gasteiger partial charge in [0.1, 0.15) is 5.01 Å². The molecule has 1 heterocycles. The van der Waals surface area contributed by atoms with E-state index in [1.165, 1.54) is 16.7 Å². The van der Waals surface area contributed by atoms with Crippen molar-refractivity contribution in [2.75, 3.05) is 5.73 Å². The molecular weight excluding hydrogens is 264 g/mol. The van der Waals surface area contributed by atoms with Gasteiger partial charge >= 0.3 is 0 Å². The average molecular weight is 280 g/mol. The molecule has 3 heteroatoms. The van der Waals surface area contributed by atoms with Crippen LogP contribution in [0.4, 0.5) is 5.69 Å². The fraction of sp³-hybridized carbons (Fsp3) is 0.118. The summed E-state index contributed by atoms with van der Waals surface area (Å²) in [5, 5.41) is 3.14. The summed E-state index contributed by atoms with van der Waals surface area (Å²) in [7, 11) is 0. The Morgan fingerprint density at radius 3 is 2.20 bits per heavy atom. The molecule has 0 saturated heterocycles. The Bertz CT molecular complexity index is 722. The molecule has 1 aromatic heterocycles. The largest absolute Gasteiger partial charge is 0.399 e. The number of nitrogens with zero attached hydrogens (tertiary/aromatic N) is 1. The maximum atomic E-state index is 5.72. The van der Waals surface area contributed by atoms with Crippen molar-refractivity contribution in [1.29, 1.82) is 0 Å². The first-order chi connectivity index (χ1) is 9.61. The van der Waals surface area contributed by atoms with Crippen molar-refractivity contribution in [3.8, 4) is 21.8 Å². The van der Waals surface area contributed by atoms with Crippen LogP contribution >= 0.6 is 11.3 Å². The van der Waals surface area contributed by atoms with E-state index < -0.39 is 0 Å². The highest BCUT2D eigenvalue weighted by atomic mass is 32.1. The zero-order chi connectivity index (χ0) is 14.1. The number of hydrogen-bond donors (Lipinski definition) is 1. The van der Waals surface area contributed by atoms with Gasteiger partial charge in [-0.05, 0) is 50.2 Å². The molecule has 0 atom stereocenters. The third-order valence-electron chi connectivity index (χ3n) is 3.18. The molecule has 3 aromatic rings. The monoisotopic (exact) mass is 280 g/mol. The van der Waals surface area contributed by atoms with Crippen molar-refractivity contribution in [1.82, 2.24) is 4.98 Å². The van der Waals surface area contributed by atoms with E-state index in [1.54, 1.807) is 11.3 Å². The van der Waals surface area contributed by atoms with E-state index in [2.05, 4.69) is 37.4 Å². The van der Waals surface area contributed by atoms with Gasteiger partial charge in [-0.1, -0.05) is 17.2 Å². The predicted molar refractivity (Wildman–Crippen MR) is 86.9 cm³/mol. The van der Waals surface area contributed by atoms with Crippen molar-refractivity contribution in [3.63, 3.8) is 0 Å². The molecule has 0 aliphatic carbocycles. The van der Waals surface area contributed by atoms with Gasteiger partial charge in [0.25, 0.3) is 0 Å². The van der Waals surface area contributed by atoms with Gasteiger partial charge in [-0.25, -0.2) is 4.98 Å². The Hall–Kier alpha value is -2.13. The molecule has 2 nitrogen and oxygen atoms in total. The van der Waals surface area contributed by atoms with Crippen LogP contribution in [-0.2, 0) is 0 Å². The number of rotatable bonds is 2. The highest BCUT2D eigenvalue weighted by molar-refractivity contribution is 7.13. The van der Waals surface area contributed by atoms with E-state index in [4.69, 9.17) is 10.7 Å². The first-order valence-electron chi connectivity index (χ1n) is 6.52. The van der Waals surface area contributed by atoms with Crippen LogP contribution in [0.1, 0.15) is 11.1 Å². The molecule has 100 valence electrons. The molecule has 2 aromatic carbocycles. The minimum atomic E-state index is 0.778. The molecule has 0 aliphatic heterocycles. The fourth-order valence-electron chi connectivity index (χ4n) is 2.29. The van der Waals surface area contributed by atoms with Gasteiger partial charge in [-0.15, -0.1) is 11.3 Å². The average Bonchev–Trinajstić information content (AvgIpc) is 2.88. The highest BCUT2D eigenvalue weighted by Gasteiger charge is 2.07. The molecule has 0 saturated carbocycles. The maximum Gasteiger partial charge on any atom is 0.124 e. The summed E-state index contributed by atoms with van der Waals surface area (Å²) in [6.07, 6.45) is 0. The second kappa shape index (κ2) is 5.10. The summed E-state index contributed by atoms with van der Waals surface area (Å²) in [5.74, 6) is 0. The molecule has 0 bridgehead atoms. The first kappa shape index (κ1) is 12.9. The maximum absolute atomic E-state index is 5.72. The van der Waals surface area contributed by atoms with E-state index in [9.17, 15) is 0 Å². The number of anilines is 1. The molecule has 0 unspecified atom stereocenters. The van der Waals surface area contributed by atoms with E-state index in [0.29, 0.717) is 0 Å². The normalized spacial score (nSPS) is 10.7. The zero-order valence-corrected chi connectivity index (χ0v) is 12.4. The van der Waals surface area contributed by atoms with Crippen LogP contribution in [0.3, 0.4) is 0 Å². The molecule has 0 amide bonds. The Labute approximate surface area is 122 Å². The number of benzene rings is 2. The van der Waals surface area contributed by atoms with E-state index >= 15 is 0 Å². The van der Waals surface area contributed by atoms with Gasteiger partial charge in [0.2, 0.25) is 0 Å². The SMILES string of the molecule is Cc1cc(C)cc(-c2csc(-c3ccc(N)cc3)n2)c1. The minimum Gasteiger partial charge on any atom is -0.399 e. The first-order valence-corrected chi connectivity index (χ1v) is 7.40. The van der Waals surface area contributed by atoms with Crippen molar-refractivity contribution < 1.29 is 0 Å². The summed E-state index contributed by atoms with van der Waals surface area (Å²) in [4.78, 5) is 4.74. The van der Waals surface area contributed by atoms with Gasteiger partial charge in [0, 0.05) is 22.2 Å². The lowest BCUT2D eigenvalue weighted by atomic mass is 10.1. The molecule has 3 rings (SSSR count). The predicted octanol–water partition coefficient (Wildman–Crippen LogP) is 4.68. The van der Waals surface area contributed by atoms with Crippen LogP contribution in [-0.4, -0.2) is 4.98 Å². The standard InChI is InChI=1S/C17H16N2S/c1-11-7-12(2)9-14(8-11)16-10-20-17(19-16)13-3-5-15(18)6-4-13/h3-10H,18H2,1-2H3. The van der Waals surface area contributed by atoms with Gasteiger partial charge < -0.3 is 5.73 Å². The van der Waals surface area contributed by atoms with E-state index in [-0.39, 0.29) is 0 Å². The van der Waals surface area contributed by atoms with Crippen LogP contribution in [0.5, 0.6) is 0 Å². The number of thiazole rings is 1. The Morgan fingerprint density at radius 1 is 0.900 bits per heavy atom. The number of nitrogens with two attached hydrogens (primary N) is 1. The third-order valence-corrected chi connectivity index (χ3v) is 4.07. The number of hydrogen-bond acceptors (Lipinski definition) is 3. The molecule has 0 radical (unpaired) electrons. The summed E-state index contributed by atoms with van der Waals surface area (Å²) in [5.41, 5.74) is 12.4. The van der Waals surface area contributed by atoms with Crippen molar-refractivity contribution >= 4 is 17.0 Å². The summed E-state index contributed by atoms with van der Waals surface area (Å²) in [6.45, 7) is 4.23. The lowest BCUT2D eigenvalue weighted by Gasteiger charge is -2.02. The van der Waals surface area contributed by atoms with Crippen LogP contribution in [0.15, 0.2) is 47.8 Å². The summed E-state index contributed by atoms with van der Waals surface area (Å²) in [6, 6.07) is 14.4. The summed E-state index contributed by atoms with van der Waals surface area (Å²) >= 11 is 1.66. The topological polar surface area (TPSA) is 38.9 Å².